The second kappa shape index (κ2) is 7.19. The molecule has 0 saturated heterocycles. The molecular weight excluding hydrogens is 389 g/mol. The monoisotopic (exact) mass is 406 g/mol. The van der Waals surface area contributed by atoms with E-state index in [-0.39, 0.29) is 28.0 Å². The van der Waals surface area contributed by atoms with Gasteiger partial charge in [-0.2, -0.15) is 13.2 Å². The average molecular weight is 406 g/mol. The number of hydrogen-bond acceptors (Lipinski definition) is 5. The minimum absolute atomic E-state index is 0.0433. The van der Waals surface area contributed by atoms with E-state index in [1.807, 2.05) is 0 Å². The van der Waals surface area contributed by atoms with E-state index in [0.29, 0.717) is 11.3 Å². The van der Waals surface area contributed by atoms with E-state index in [0.717, 1.165) is 6.07 Å². The van der Waals surface area contributed by atoms with Crippen molar-refractivity contribution < 1.29 is 23.1 Å². The molecule has 152 valence electrons. The number of hydrogen-bond donors (Lipinski definition) is 3. The van der Waals surface area contributed by atoms with Gasteiger partial charge in [-0.25, -0.2) is 14.8 Å². The third kappa shape index (κ3) is 4.05. The number of aromatic carboxylic acids is 1. The lowest BCUT2D eigenvalue weighted by Gasteiger charge is -2.22. The molecule has 0 aliphatic carbocycles. The molecule has 0 aliphatic heterocycles. The van der Waals surface area contributed by atoms with Crippen molar-refractivity contribution in [2.45, 2.75) is 33.0 Å². The summed E-state index contributed by atoms with van der Waals surface area (Å²) in [7, 11) is 0. The number of fused-ring (bicyclic) bond motifs is 1. The number of anilines is 1. The van der Waals surface area contributed by atoms with Crippen LogP contribution in [0.4, 0.5) is 18.9 Å². The highest BCUT2D eigenvalue weighted by Gasteiger charge is 2.35. The fourth-order valence-electron chi connectivity index (χ4n) is 3.06. The lowest BCUT2D eigenvalue weighted by molar-refractivity contribution is -0.138. The van der Waals surface area contributed by atoms with Crippen LogP contribution in [0.1, 0.15) is 46.0 Å². The Balaban J connectivity index is 2.10. The summed E-state index contributed by atoms with van der Waals surface area (Å²) < 4.78 is 41.0. The van der Waals surface area contributed by atoms with Gasteiger partial charge < -0.3 is 15.4 Å². The van der Waals surface area contributed by atoms with Gasteiger partial charge >= 0.3 is 12.1 Å². The third-order valence-corrected chi connectivity index (χ3v) is 4.47. The molecule has 29 heavy (non-hydrogen) atoms. The summed E-state index contributed by atoms with van der Waals surface area (Å²) in [5.74, 6) is -0.988. The van der Waals surface area contributed by atoms with Crippen molar-refractivity contribution in [2.75, 3.05) is 5.32 Å². The van der Waals surface area contributed by atoms with Gasteiger partial charge in [0.2, 0.25) is 0 Å². The normalized spacial score (nSPS) is 12.8. The Morgan fingerprint density at radius 3 is 2.52 bits per heavy atom. The summed E-state index contributed by atoms with van der Waals surface area (Å²) in [6.45, 7) is 4.62. The number of pyridine rings is 1. The second-order valence-electron chi connectivity index (χ2n) is 6.66. The minimum atomic E-state index is -4.65. The SMILES string of the molecule is Cc1nc2cc(C(F)(F)F)c([C@H](C)Nc3cnc(C(=O)O)cc3C)cc2c(=O)[nH]1. The van der Waals surface area contributed by atoms with Crippen LogP contribution in [0.15, 0.2) is 29.2 Å². The Morgan fingerprint density at radius 1 is 1.24 bits per heavy atom. The molecule has 2 heterocycles. The van der Waals surface area contributed by atoms with Crippen molar-refractivity contribution in [1.82, 2.24) is 15.0 Å². The summed E-state index contributed by atoms with van der Waals surface area (Å²) in [6.07, 6.45) is -3.40. The first kappa shape index (κ1) is 20.3. The number of H-pyrrole nitrogens is 1. The van der Waals surface area contributed by atoms with Crippen LogP contribution < -0.4 is 10.9 Å². The van der Waals surface area contributed by atoms with Crippen LogP contribution >= 0.6 is 0 Å². The first-order valence-corrected chi connectivity index (χ1v) is 8.55. The van der Waals surface area contributed by atoms with Crippen molar-refractivity contribution >= 4 is 22.6 Å². The highest BCUT2D eigenvalue weighted by atomic mass is 19.4. The maximum atomic E-state index is 13.7. The smallest absolute Gasteiger partial charge is 0.416 e. The maximum Gasteiger partial charge on any atom is 0.416 e. The highest BCUT2D eigenvalue weighted by molar-refractivity contribution is 5.86. The summed E-state index contributed by atoms with van der Waals surface area (Å²) in [6, 6.07) is 2.51. The molecule has 0 unspecified atom stereocenters. The van der Waals surface area contributed by atoms with Crippen LogP contribution in [0.5, 0.6) is 0 Å². The lowest BCUT2D eigenvalue weighted by atomic mass is 9.98. The van der Waals surface area contributed by atoms with E-state index >= 15 is 0 Å². The van der Waals surface area contributed by atoms with Crippen LogP contribution in [0.3, 0.4) is 0 Å². The number of carboxylic acid groups (broad SMARTS) is 1. The highest BCUT2D eigenvalue weighted by Crippen LogP contribution is 2.37. The molecule has 10 heteroatoms. The number of alkyl halides is 3. The van der Waals surface area contributed by atoms with Gasteiger partial charge in [0.05, 0.1) is 28.4 Å². The number of carbonyl (C=O) groups is 1. The Labute approximate surface area is 162 Å². The molecule has 3 aromatic rings. The summed E-state index contributed by atoms with van der Waals surface area (Å²) in [4.78, 5) is 33.4. The molecule has 2 aromatic heterocycles. The fourth-order valence-corrected chi connectivity index (χ4v) is 3.06. The Morgan fingerprint density at radius 2 is 1.93 bits per heavy atom. The number of nitrogens with zero attached hydrogens (tertiary/aromatic N) is 2. The number of carboxylic acids is 1. The standard InChI is InChI=1S/C19H17F3N4O3/c1-8-4-15(18(28)29)23-7-16(8)24-9(2)11-5-12-14(6-13(11)19(20,21)22)25-10(3)26-17(12)27/h4-7,9,24H,1-3H3,(H,28,29)(H,25,26,27)/t9-/m0/s1. The van der Waals surface area contributed by atoms with Gasteiger partial charge in [0, 0.05) is 6.04 Å². The van der Waals surface area contributed by atoms with Crippen molar-refractivity contribution in [3.8, 4) is 0 Å². The molecule has 0 spiro atoms. The van der Waals surface area contributed by atoms with Crippen LogP contribution in [0.25, 0.3) is 10.9 Å². The molecule has 0 saturated carbocycles. The summed E-state index contributed by atoms with van der Waals surface area (Å²) in [5, 5.41) is 11.9. The van der Waals surface area contributed by atoms with Crippen molar-refractivity contribution in [2.24, 2.45) is 0 Å². The zero-order valence-electron chi connectivity index (χ0n) is 15.7. The van der Waals surface area contributed by atoms with E-state index in [2.05, 4.69) is 20.3 Å². The van der Waals surface area contributed by atoms with E-state index in [4.69, 9.17) is 5.11 Å². The molecule has 0 radical (unpaired) electrons. The topological polar surface area (TPSA) is 108 Å². The van der Waals surface area contributed by atoms with E-state index in [1.54, 1.807) is 6.92 Å². The van der Waals surface area contributed by atoms with Gasteiger partial charge in [-0.05, 0) is 50.1 Å². The molecule has 7 nitrogen and oxygen atoms in total. The fraction of sp³-hybridized carbons (Fsp3) is 0.263. The van der Waals surface area contributed by atoms with Crippen LogP contribution in [-0.4, -0.2) is 26.0 Å². The molecule has 0 bridgehead atoms. The van der Waals surface area contributed by atoms with Crippen LogP contribution in [0.2, 0.25) is 0 Å². The largest absolute Gasteiger partial charge is 0.477 e. The molecule has 3 rings (SSSR count). The molecule has 0 amide bonds. The molecular formula is C19H17F3N4O3. The van der Waals surface area contributed by atoms with Gasteiger partial charge in [0.25, 0.3) is 5.56 Å². The second-order valence-corrected chi connectivity index (χ2v) is 6.66. The zero-order chi connectivity index (χ0) is 21.5. The van der Waals surface area contributed by atoms with Crippen LogP contribution in [-0.2, 0) is 6.18 Å². The number of nitrogens with one attached hydrogen (secondary N) is 2. The first-order chi connectivity index (χ1) is 13.5. The Kier molecular flexibility index (Phi) is 5.04. The van der Waals surface area contributed by atoms with E-state index in [9.17, 15) is 22.8 Å². The van der Waals surface area contributed by atoms with Gasteiger partial charge in [-0.1, -0.05) is 0 Å². The number of aryl methyl sites for hydroxylation is 2. The molecule has 0 fully saturated rings. The predicted octanol–water partition coefficient (Wildman–Crippen LogP) is 3.83. The van der Waals surface area contributed by atoms with Crippen molar-refractivity contribution in [3.63, 3.8) is 0 Å². The van der Waals surface area contributed by atoms with Gasteiger partial charge in [0.1, 0.15) is 11.5 Å². The number of halogens is 3. The van der Waals surface area contributed by atoms with Gasteiger partial charge in [-0.15, -0.1) is 0 Å². The zero-order valence-corrected chi connectivity index (χ0v) is 15.7. The summed E-state index contributed by atoms with van der Waals surface area (Å²) in [5.41, 5.74) is -0.898. The molecule has 0 aliphatic rings. The Hall–Kier alpha value is -3.43. The van der Waals surface area contributed by atoms with E-state index in [1.165, 1.54) is 32.2 Å². The number of rotatable bonds is 4. The van der Waals surface area contributed by atoms with Crippen LogP contribution in [0, 0.1) is 13.8 Å². The van der Waals surface area contributed by atoms with Gasteiger partial charge in [0.15, 0.2) is 0 Å². The summed E-state index contributed by atoms with van der Waals surface area (Å²) >= 11 is 0. The quantitative estimate of drug-likeness (QED) is 0.608. The minimum Gasteiger partial charge on any atom is -0.477 e. The molecule has 3 N–H and O–H groups in total. The molecule has 1 atom stereocenters. The number of benzene rings is 1. The van der Waals surface area contributed by atoms with Crippen molar-refractivity contribution in [1.29, 1.82) is 0 Å². The van der Waals surface area contributed by atoms with Crippen molar-refractivity contribution in [3.05, 3.63) is 63.0 Å². The lowest BCUT2D eigenvalue weighted by Crippen LogP contribution is -2.18. The predicted molar refractivity (Wildman–Crippen MR) is 100 cm³/mol. The average Bonchev–Trinajstić information content (AvgIpc) is 2.61. The van der Waals surface area contributed by atoms with Gasteiger partial charge in [-0.3, -0.25) is 4.79 Å². The number of aromatic nitrogens is 3. The van der Waals surface area contributed by atoms with E-state index < -0.39 is 29.3 Å². The number of aromatic amines is 1. The maximum absolute atomic E-state index is 13.7. The first-order valence-electron chi connectivity index (χ1n) is 8.55. The molecule has 1 aromatic carbocycles. The Bertz CT molecular complexity index is 1170. The third-order valence-electron chi connectivity index (χ3n) is 4.47.